The molecule has 1 amide bonds. The van der Waals surface area contributed by atoms with Gasteiger partial charge in [0, 0.05) is 31.5 Å². The van der Waals surface area contributed by atoms with Crippen LogP contribution >= 0.6 is 0 Å². The first-order valence-electron chi connectivity index (χ1n) is 7.07. The molecule has 1 aromatic rings. The fourth-order valence-electron chi connectivity index (χ4n) is 2.48. The predicted molar refractivity (Wildman–Crippen MR) is 80.1 cm³/mol. The summed E-state index contributed by atoms with van der Waals surface area (Å²) in [5.41, 5.74) is 0.733. The number of aromatic nitrogens is 1. The third kappa shape index (κ3) is 5.09. The second-order valence-electron chi connectivity index (χ2n) is 5.43. The van der Waals surface area contributed by atoms with E-state index in [4.69, 9.17) is 0 Å². The van der Waals surface area contributed by atoms with Gasteiger partial charge in [0.1, 0.15) is 0 Å². The van der Waals surface area contributed by atoms with Crippen molar-refractivity contribution in [3.63, 3.8) is 0 Å². The summed E-state index contributed by atoms with van der Waals surface area (Å²) in [5, 5.41) is 2.87. The Kier molecular flexibility index (Phi) is 5.30. The number of piperidine rings is 1. The number of rotatable bonds is 5. The first kappa shape index (κ1) is 15.9. The van der Waals surface area contributed by atoms with Crippen LogP contribution in [0.4, 0.5) is 0 Å². The molecule has 1 saturated heterocycles. The number of carbonyl (C=O) groups is 1. The minimum Gasteiger partial charge on any atom is -0.355 e. The largest absolute Gasteiger partial charge is 0.355 e. The molecule has 1 aromatic heterocycles. The van der Waals surface area contributed by atoms with Crippen molar-refractivity contribution in [1.29, 1.82) is 0 Å². The zero-order chi connectivity index (χ0) is 15.3. The first-order valence-corrected chi connectivity index (χ1v) is 8.91. The molecule has 0 unspecified atom stereocenters. The van der Waals surface area contributed by atoms with Crippen molar-refractivity contribution in [2.24, 2.45) is 5.92 Å². The van der Waals surface area contributed by atoms with E-state index in [1.165, 1.54) is 10.6 Å². The van der Waals surface area contributed by atoms with E-state index in [1.807, 2.05) is 18.2 Å². The highest BCUT2D eigenvalue weighted by molar-refractivity contribution is 7.88. The summed E-state index contributed by atoms with van der Waals surface area (Å²) in [5.74, 6) is 0.103. The van der Waals surface area contributed by atoms with Gasteiger partial charge in [-0.25, -0.2) is 12.7 Å². The zero-order valence-corrected chi connectivity index (χ0v) is 13.0. The van der Waals surface area contributed by atoms with Gasteiger partial charge in [0.05, 0.1) is 12.7 Å². The van der Waals surface area contributed by atoms with Gasteiger partial charge in [-0.3, -0.25) is 9.78 Å². The number of hydrogen-bond donors (Lipinski definition) is 1. The molecule has 0 saturated carbocycles. The molecule has 1 aliphatic heterocycles. The second kappa shape index (κ2) is 7.00. The summed E-state index contributed by atoms with van der Waals surface area (Å²) in [6, 6.07) is 5.47. The Morgan fingerprint density at radius 2 is 2.29 bits per heavy atom. The van der Waals surface area contributed by atoms with Gasteiger partial charge in [-0.15, -0.1) is 0 Å². The molecule has 21 heavy (non-hydrogen) atoms. The van der Waals surface area contributed by atoms with Gasteiger partial charge in [0.25, 0.3) is 0 Å². The molecule has 1 aliphatic rings. The van der Waals surface area contributed by atoms with Crippen LogP contribution in [0, 0.1) is 5.92 Å². The third-order valence-electron chi connectivity index (χ3n) is 3.61. The van der Waals surface area contributed by atoms with Crippen molar-refractivity contribution >= 4 is 15.9 Å². The summed E-state index contributed by atoms with van der Waals surface area (Å²) < 4.78 is 24.6. The lowest BCUT2D eigenvalue weighted by molar-refractivity contribution is -0.120. The van der Waals surface area contributed by atoms with E-state index >= 15 is 0 Å². The number of nitrogens with zero attached hydrogens (tertiary/aromatic N) is 2. The number of pyridine rings is 1. The van der Waals surface area contributed by atoms with E-state index < -0.39 is 10.0 Å². The number of carbonyl (C=O) groups excluding carboxylic acids is 1. The molecule has 0 aromatic carbocycles. The Balaban J connectivity index is 1.79. The minimum absolute atomic E-state index is 0.0785. The summed E-state index contributed by atoms with van der Waals surface area (Å²) in [7, 11) is -3.14. The van der Waals surface area contributed by atoms with Crippen LogP contribution in [0.2, 0.25) is 0 Å². The standard InChI is InChI=1S/C14H21N3O3S/c1-21(19,20)17-8-4-5-12(11-17)10-16-14(18)9-13-6-2-3-7-15-13/h2-3,6-7,12H,4-5,8-11H2,1H3,(H,16,18)/t12-/m1/s1. The van der Waals surface area contributed by atoms with Crippen LogP contribution in [0.1, 0.15) is 18.5 Å². The molecule has 0 aliphatic carbocycles. The monoisotopic (exact) mass is 311 g/mol. The molecule has 1 fully saturated rings. The molecule has 0 radical (unpaired) electrons. The molecule has 0 spiro atoms. The molecule has 2 heterocycles. The van der Waals surface area contributed by atoms with Crippen molar-refractivity contribution < 1.29 is 13.2 Å². The average molecular weight is 311 g/mol. The highest BCUT2D eigenvalue weighted by atomic mass is 32.2. The molecule has 0 bridgehead atoms. The van der Waals surface area contributed by atoms with Crippen molar-refractivity contribution in [1.82, 2.24) is 14.6 Å². The summed E-state index contributed by atoms with van der Waals surface area (Å²) in [6.45, 7) is 1.58. The molecule has 1 atom stereocenters. The maximum atomic E-state index is 11.9. The maximum absolute atomic E-state index is 11.9. The lowest BCUT2D eigenvalue weighted by atomic mass is 10.00. The second-order valence-corrected chi connectivity index (χ2v) is 7.41. The third-order valence-corrected chi connectivity index (χ3v) is 4.88. The molecule has 116 valence electrons. The van der Waals surface area contributed by atoms with E-state index in [0.717, 1.165) is 18.5 Å². The molecule has 2 rings (SSSR count). The lowest BCUT2D eigenvalue weighted by Crippen LogP contribution is -2.43. The van der Waals surface area contributed by atoms with Gasteiger partial charge in [-0.2, -0.15) is 0 Å². The first-order chi connectivity index (χ1) is 9.95. The highest BCUT2D eigenvalue weighted by Crippen LogP contribution is 2.17. The van der Waals surface area contributed by atoms with E-state index in [1.54, 1.807) is 6.20 Å². The van der Waals surface area contributed by atoms with Crippen LogP contribution in [-0.4, -0.2) is 49.5 Å². The quantitative estimate of drug-likeness (QED) is 0.854. The Bertz CT molecular complexity index is 574. The van der Waals surface area contributed by atoms with Gasteiger partial charge in [0.2, 0.25) is 15.9 Å². The van der Waals surface area contributed by atoms with Crippen LogP contribution in [0.3, 0.4) is 0 Å². The average Bonchev–Trinajstić information content (AvgIpc) is 2.46. The van der Waals surface area contributed by atoms with Gasteiger partial charge >= 0.3 is 0 Å². The predicted octanol–water partition coefficient (Wildman–Crippen LogP) is 0.412. The molecular formula is C14H21N3O3S. The molecular weight excluding hydrogens is 290 g/mol. The lowest BCUT2D eigenvalue weighted by Gasteiger charge is -2.30. The Morgan fingerprint density at radius 3 is 2.95 bits per heavy atom. The van der Waals surface area contributed by atoms with Crippen LogP contribution in [0.25, 0.3) is 0 Å². The normalized spacial score (nSPS) is 20.1. The van der Waals surface area contributed by atoms with Gasteiger partial charge in [-0.05, 0) is 30.9 Å². The summed E-state index contributed by atoms with van der Waals surface area (Å²) in [4.78, 5) is 16.0. The Hall–Kier alpha value is -1.47. The smallest absolute Gasteiger partial charge is 0.226 e. The van der Waals surface area contributed by atoms with Crippen LogP contribution in [0.15, 0.2) is 24.4 Å². The SMILES string of the molecule is CS(=O)(=O)N1CCC[C@H](CNC(=O)Cc2ccccn2)C1. The van der Waals surface area contributed by atoms with Crippen molar-refractivity contribution in [3.8, 4) is 0 Å². The zero-order valence-electron chi connectivity index (χ0n) is 12.2. The van der Waals surface area contributed by atoms with Crippen molar-refractivity contribution in [3.05, 3.63) is 30.1 Å². The number of amides is 1. The molecule has 6 nitrogen and oxygen atoms in total. The van der Waals surface area contributed by atoms with E-state index in [0.29, 0.717) is 19.6 Å². The van der Waals surface area contributed by atoms with Gasteiger partial charge < -0.3 is 5.32 Å². The Labute approximate surface area is 125 Å². The van der Waals surface area contributed by atoms with E-state index in [2.05, 4.69) is 10.3 Å². The molecule has 7 heteroatoms. The van der Waals surface area contributed by atoms with E-state index in [9.17, 15) is 13.2 Å². The summed E-state index contributed by atoms with van der Waals surface area (Å²) in [6.07, 6.45) is 4.93. The maximum Gasteiger partial charge on any atom is 0.226 e. The van der Waals surface area contributed by atoms with Crippen LogP contribution < -0.4 is 5.32 Å². The topological polar surface area (TPSA) is 79.4 Å². The summed E-state index contributed by atoms with van der Waals surface area (Å²) >= 11 is 0. The van der Waals surface area contributed by atoms with Crippen LogP contribution in [0.5, 0.6) is 0 Å². The van der Waals surface area contributed by atoms with Crippen molar-refractivity contribution in [2.45, 2.75) is 19.3 Å². The minimum atomic E-state index is -3.14. The fraction of sp³-hybridized carbons (Fsp3) is 0.571. The number of nitrogens with one attached hydrogen (secondary N) is 1. The molecule has 1 N–H and O–H groups in total. The van der Waals surface area contributed by atoms with Gasteiger partial charge in [-0.1, -0.05) is 6.07 Å². The number of hydrogen-bond acceptors (Lipinski definition) is 4. The van der Waals surface area contributed by atoms with E-state index in [-0.39, 0.29) is 18.2 Å². The van der Waals surface area contributed by atoms with Crippen molar-refractivity contribution in [2.75, 3.05) is 25.9 Å². The van der Waals surface area contributed by atoms with Gasteiger partial charge in [0.15, 0.2) is 0 Å². The Morgan fingerprint density at radius 1 is 1.48 bits per heavy atom. The highest BCUT2D eigenvalue weighted by Gasteiger charge is 2.25. The van der Waals surface area contributed by atoms with Crippen LogP contribution in [-0.2, 0) is 21.2 Å². The number of sulfonamides is 1. The fourth-order valence-corrected chi connectivity index (χ4v) is 3.42.